The monoisotopic (exact) mass is 552 g/mol. The fourth-order valence-electron chi connectivity index (χ4n) is 5.29. The number of likely N-dealkylation sites (tertiary alicyclic amines) is 1. The van der Waals surface area contributed by atoms with Gasteiger partial charge < -0.3 is 19.7 Å². The molecule has 208 valence electrons. The highest BCUT2D eigenvalue weighted by Crippen LogP contribution is 2.38. The molecule has 0 aliphatic carbocycles. The molecule has 0 unspecified atom stereocenters. The van der Waals surface area contributed by atoms with Gasteiger partial charge >= 0.3 is 0 Å². The number of sulfonamides is 1. The quantitative estimate of drug-likeness (QED) is 0.352. The highest BCUT2D eigenvalue weighted by molar-refractivity contribution is 7.89. The second-order valence-corrected chi connectivity index (χ2v) is 12.0. The minimum absolute atomic E-state index is 0.00840. The van der Waals surface area contributed by atoms with Crippen LogP contribution < -0.4 is 4.72 Å². The summed E-state index contributed by atoms with van der Waals surface area (Å²) < 4.78 is 40.7. The number of hydrogen-bond acceptors (Lipinski definition) is 7. The number of nitrogens with one attached hydrogen (secondary N) is 1. The third kappa shape index (κ3) is 6.93. The van der Waals surface area contributed by atoms with Crippen LogP contribution in [0.4, 0.5) is 0 Å². The van der Waals surface area contributed by atoms with Crippen LogP contribution in [0.1, 0.15) is 53.9 Å². The number of ether oxygens (including phenoxy) is 2. The maximum absolute atomic E-state index is 12.6. The van der Waals surface area contributed by atoms with Gasteiger partial charge in [0, 0.05) is 31.1 Å². The molecular formula is C30H36N2O6S. The van der Waals surface area contributed by atoms with Crippen LogP contribution in [-0.4, -0.2) is 55.4 Å². The van der Waals surface area contributed by atoms with Crippen molar-refractivity contribution in [2.24, 2.45) is 0 Å². The van der Waals surface area contributed by atoms with E-state index in [4.69, 9.17) is 9.47 Å². The van der Waals surface area contributed by atoms with Crippen molar-refractivity contribution in [3.63, 3.8) is 0 Å². The molecule has 0 amide bonds. The van der Waals surface area contributed by atoms with Crippen LogP contribution in [-0.2, 0) is 32.6 Å². The lowest BCUT2D eigenvalue weighted by molar-refractivity contribution is -0.253. The molecule has 8 nitrogen and oxygen atoms in total. The van der Waals surface area contributed by atoms with Crippen molar-refractivity contribution in [1.82, 2.24) is 9.62 Å². The Labute approximate surface area is 230 Å². The smallest absolute Gasteiger partial charge is 0.240 e. The molecule has 3 aromatic carbocycles. The van der Waals surface area contributed by atoms with E-state index in [0.29, 0.717) is 6.42 Å². The van der Waals surface area contributed by atoms with Gasteiger partial charge in [-0.2, -0.15) is 0 Å². The molecule has 0 saturated carbocycles. The summed E-state index contributed by atoms with van der Waals surface area (Å²) in [5, 5.41) is 19.2. The van der Waals surface area contributed by atoms with Gasteiger partial charge in [0.25, 0.3) is 0 Å². The summed E-state index contributed by atoms with van der Waals surface area (Å²) in [6.07, 6.45) is 1.88. The summed E-state index contributed by atoms with van der Waals surface area (Å²) in [7, 11) is -3.60. The van der Waals surface area contributed by atoms with Gasteiger partial charge in [-0.25, -0.2) is 13.1 Å². The van der Waals surface area contributed by atoms with Gasteiger partial charge in [-0.05, 0) is 48.2 Å². The first-order valence-electron chi connectivity index (χ1n) is 13.4. The summed E-state index contributed by atoms with van der Waals surface area (Å²) in [4.78, 5) is 2.54. The highest BCUT2D eigenvalue weighted by atomic mass is 32.2. The zero-order chi connectivity index (χ0) is 27.2. The van der Waals surface area contributed by atoms with Crippen molar-refractivity contribution in [3.05, 3.63) is 101 Å². The first kappa shape index (κ1) is 27.9. The maximum atomic E-state index is 12.6. The van der Waals surface area contributed by atoms with E-state index in [-0.39, 0.29) is 42.9 Å². The molecule has 3 aromatic rings. The van der Waals surface area contributed by atoms with E-state index in [9.17, 15) is 18.6 Å². The van der Waals surface area contributed by atoms with Gasteiger partial charge in [-0.3, -0.25) is 4.90 Å². The molecule has 2 aliphatic heterocycles. The zero-order valence-electron chi connectivity index (χ0n) is 21.9. The molecule has 0 spiro atoms. The largest absolute Gasteiger partial charge is 0.395 e. The van der Waals surface area contributed by atoms with Gasteiger partial charge in [0.05, 0.1) is 30.3 Å². The molecule has 2 heterocycles. The van der Waals surface area contributed by atoms with E-state index in [1.54, 1.807) is 30.3 Å². The van der Waals surface area contributed by atoms with Gasteiger partial charge in [0.15, 0.2) is 6.29 Å². The van der Waals surface area contributed by atoms with E-state index in [1.807, 2.05) is 48.5 Å². The number of aliphatic hydroxyl groups excluding tert-OH is 2. The Balaban J connectivity index is 1.29. The normalized spacial score (nSPS) is 24.2. The molecule has 2 aliphatic rings. The Bertz CT molecular complexity index is 1300. The van der Waals surface area contributed by atoms with Crippen LogP contribution in [0.25, 0.3) is 0 Å². The van der Waals surface area contributed by atoms with Gasteiger partial charge in [0.2, 0.25) is 10.0 Å². The molecule has 2 fully saturated rings. The van der Waals surface area contributed by atoms with Crippen LogP contribution in [0, 0.1) is 0 Å². The summed E-state index contributed by atoms with van der Waals surface area (Å²) >= 11 is 0. The molecule has 0 aromatic heterocycles. The number of benzene rings is 3. The average Bonchev–Trinajstić information content (AvgIpc) is 3.43. The second-order valence-electron chi connectivity index (χ2n) is 10.2. The number of nitrogens with zero attached hydrogens (tertiary/aromatic N) is 1. The Morgan fingerprint density at radius 2 is 1.56 bits per heavy atom. The van der Waals surface area contributed by atoms with Crippen molar-refractivity contribution >= 4 is 10.0 Å². The molecule has 5 rings (SSSR count). The topological polar surface area (TPSA) is 108 Å². The van der Waals surface area contributed by atoms with Crippen molar-refractivity contribution < 1.29 is 28.1 Å². The van der Waals surface area contributed by atoms with Crippen molar-refractivity contribution in [3.8, 4) is 0 Å². The lowest BCUT2D eigenvalue weighted by atomic mass is 9.99. The summed E-state index contributed by atoms with van der Waals surface area (Å²) in [6.45, 7) is 1.97. The van der Waals surface area contributed by atoms with E-state index in [1.165, 1.54) is 0 Å². The van der Waals surface area contributed by atoms with Crippen molar-refractivity contribution in [1.29, 1.82) is 0 Å². The second kappa shape index (κ2) is 12.7. The highest BCUT2D eigenvalue weighted by Gasteiger charge is 2.35. The van der Waals surface area contributed by atoms with Crippen LogP contribution >= 0.6 is 0 Å². The van der Waals surface area contributed by atoms with Crippen LogP contribution in [0.5, 0.6) is 0 Å². The number of rotatable bonds is 10. The minimum Gasteiger partial charge on any atom is -0.395 e. The molecule has 0 bridgehead atoms. The number of aliphatic hydroxyl groups is 2. The fourth-order valence-corrected chi connectivity index (χ4v) is 6.33. The van der Waals surface area contributed by atoms with E-state index in [2.05, 4.69) is 9.62 Å². The van der Waals surface area contributed by atoms with Gasteiger partial charge in [0.1, 0.15) is 0 Å². The molecule has 39 heavy (non-hydrogen) atoms. The lowest BCUT2D eigenvalue weighted by Gasteiger charge is -2.38. The van der Waals surface area contributed by atoms with Crippen molar-refractivity contribution in [2.75, 3.05) is 19.7 Å². The molecular weight excluding hydrogens is 516 g/mol. The van der Waals surface area contributed by atoms with Crippen LogP contribution in [0.15, 0.2) is 83.8 Å². The molecule has 9 heteroatoms. The Hall–Kier alpha value is -2.63. The average molecular weight is 553 g/mol. The Kier molecular flexibility index (Phi) is 9.09. The van der Waals surface area contributed by atoms with Crippen molar-refractivity contribution in [2.45, 2.75) is 61.8 Å². The maximum Gasteiger partial charge on any atom is 0.240 e. The zero-order valence-corrected chi connectivity index (χ0v) is 22.7. The third-order valence-electron chi connectivity index (χ3n) is 7.53. The molecule has 4 atom stereocenters. The Morgan fingerprint density at radius 3 is 2.26 bits per heavy atom. The van der Waals surface area contributed by atoms with E-state index < -0.39 is 16.3 Å². The summed E-state index contributed by atoms with van der Waals surface area (Å²) in [6, 6.07) is 23.9. The van der Waals surface area contributed by atoms with Gasteiger partial charge in [-0.1, -0.05) is 66.7 Å². The predicted molar refractivity (Wildman–Crippen MR) is 147 cm³/mol. The molecule has 0 radical (unpaired) electrons. The minimum atomic E-state index is -3.60. The van der Waals surface area contributed by atoms with Crippen LogP contribution in [0.3, 0.4) is 0 Å². The first-order valence-corrected chi connectivity index (χ1v) is 14.9. The van der Waals surface area contributed by atoms with E-state index >= 15 is 0 Å². The predicted octanol–water partition coefficient (Wildman–Crippen LogP) is 3.66. The van der Waals surface area contributed by atoms with E-state index in [0.717, 1.165) is 48.2 Å². The fraction of sp³-hybridized carbons (Fsp3) is 0.400. The van der Waals surface area contributed by atoms with Gasteiger partial charge in [-0.15, -0.1) is 0 Å². The Morgan fingerprint density at radius 1 is 0.872 bits per heavy atom. The third-order valence-corrected chi connectivity index (χ3v) is 8.95. The molecule has 3 N–H and O–H groups in total. The number of hydrogen-bond donors (Lipinski definition) is 3. The van der Waals surface area contributed by atoms with Crippen LogP contribution in [0.2, 0.25) is 0 Å². The lowest BCUT2D eigenvalue weighted by Crippen LogP contribution is -2.42. The SMILES string of the molecule is O=S(=O)(NCc1ccc([C@@H]2O[C@H](CN3CCC[C@H]3CO)C[C@H](c3ccc(CO)cc3)O2)cc1)c1ccccc1. The summed E-state index contributed by atoms with van der Waals surface area (Å²) in [5.41, 5.74) is 3.55. The standard InChI is InChI=1S/C30H36N2O6S/c33-20-23-10-12-24(13-11-23)29-17-27(19-32-16-4-5-26(32)21-34)37-30(38-29)25-14-8-22(9-15-25)18-31-39(35,36)28-6-2-1-3-7-28/h1-3,6-15,26-27,29-31,33-34H,4-5,16-21H2/t26-,27-,29+,30+/m0/s1. The molecule has 2 saturated heterocycles. The summed E-state index contributed by atoms with van der Waals surface area (Å²) in [5.74, 6) is 0. The first-order chi connectivity index (χ1) is 18.9.